The number of thiazole rings is 1. The molecule has 1 aliphatic rings. The number of nitrogens with one attached hydrogen (secondary N) is 1. The summed E-state index contributed by atoms with van der Waals surface area (Å²) in [4.78, 5) is 32.5. The quantitative estimate of drug-likeness (QED) is 0.378. The van der Waals surface area contributed by atoms with Gasteiger partial charge in [-0.2, -0.15) is 0 Å². The highest BCUT2D eigenvalue weighted by Crippen LogP contribution is 2.31. The lowest BCUT2D eigenvalue weighted by Gasteiger charge is -2.37. The molecule has 0 amide bonds. The van der Waals surface area contributed by atoms with Gasteiger partial charge in [-0.15, -0.1) is 0 Å². The molecule has 1 aromatic carbocycles. The van der Waals surface area contributed by atoms with Gasteiger partial charge < -0.3 is 10.2 Å². The largest absolute Gasteiger partial charge is 0.365 e. The topological polar surface area (TPSA) is 74.2 Å². The fourth-order valence-electron chi connectivity index (χ4n) is 4.46. The number of pyridine rings is 2. The van der Waals surface area contributed by atoms with Crippen molar-refractivity contribution in [2.75, 3.05) is 43.4 Å². The van der Waals surface area contributed by atoms with E-state index in [1.54, 1.807) is 23.6 Å². The number of aromatic nitrogens is 3. The van der Waals surface area contributed by atoms with Crippen molar-refractivity contribution in [3.63, 3.8) is 0 Å². The van der Waals surface area contributed by atoms with Gasteiger partial charge in [-0.25, -0.2) is 9.97 Å². The zero-order valence-corrected chi connectivity index (χ0v) is 21.2. The Morgan fingerprint density at radius 3 is 2.57 bits per heavy atom. The Morgan fingerprint density at radius 2 is 1.83 bits per heavy atom. The molecule has 1 N–H and O–H groups in total. The number of benzene rings is 1. The number of hydrogen-bond donors (Lipinski definition) is 1. The number of ketones is 1. The van der Waals surface area contributed by atoms with E-state index in [1.807, 2.05) is 31.6 Å². The Bertz CT molecular complexity index is 1340. The monoisotopic (exact) mass is 486 g/mol. The van der Waals surface area contributed by atoms with Crippen LogP contribution in [0, 0.1) is 0 Å². The fourth-order valence-corrected chi connectivity index (χ4v) is 5.22. The molecule has 8 heteroatoms. The molecule has 0 unspecified atom stereocenters. The Kier molecular flexibility index (Phi) is 6.74. The number of Topliss-reactive ketones (excluding diaryl/α,β-unsaturated/α-hetero) is 1. The van der Waals surface area contributed by atoms with E-state index < -0.39 is 0 Å². The van der Waals surface area contributed by atoms with Gasteiger partial charge in [0.15, 0.2) is 10.9 Å². The molecule has 7 nitrogen and oxygen atoms in total. The second kappa shape index (κ2) is 10.1. The predicted octanol–water partition coefficient (Wildman–Crippen LogP) is 4.75. The Morgan fingerprint density at radius 1 is 1.00 bits per heavy atom. The lowest BCUT2D eigenvalue weighted by molar-refractivity contribution is 0.0992. The van der Waals surface area contributed by atoms with Crippen LogP contribution in [0.5, 0.6) is 0 Å². The van der Waals surface area contributed by atoms with Gasteiger partial charge in [-0.05, 0) is 49.1 Å². The first kappa shape index (κ1) is 23.4. The summed E-state index contributed by atoms with van der Waals surface area (Å²) in [6.07, 6.45) is 5.73. The summed E-state index contributed by atoms with van der Waals surface area (Å²) in [6.45, 7) is 8.33. The molecule has 1 fully saturated rings. The maximum Gasteiger partial charge on any atom is 0.182 e. The summed E-state index contributed by atoms with van der Waals surface area (Å²) in [5, 5.41) is 6.09. The van der Waals surface area contributed by atoms with Crippen molar-refractivity contribution >= 4 is 38.8 Å². The molecule has 1 aliphatic heterocycles. The third kappa shape index (κ3) is 5.18. The van der Waals surface area contributed by atoms with Crippen LogP contribution in [0.2, 0.25) is 0 Å². The number of nitrogens with zero attached hydrogens (tertiary/aromatic N) is 5. The van der Waals surface area contributed by atoms with Crippen LogP contribution in [-0.4, -0.2) is 64.9 Å². The van der Waals surface area contributed by atoms with Crippen LogP contribution in [0.3, 0.4) is 0 Å². The Balaban J connectivity index is 1.31. The first-order chi connectivity index (χ1) is 17.0. The molecular formula is C27H30N6OS. The first-order valence-corrected chi connectivity index (χ1v) is 12.8. The minimum atomic E-state index is 0.0542. The first-order valence-electron chi connectivity index (χ1n) is 12.0. The van der Waals surface area contributed by atoms with Crippen LogP contribution in [-0.2, 0) is 6.42 Å². The lowest BCUT2D eigenvalue weighted by atomic mass is 10.0. The second-order valence-electron chi connectivity index (χ2n) is 9.14. The minimum Gasteiger partial charge on any atom is -0.365 e. The van der Waals surface area contributed by atoms with Crippen molar-refractivity contribution < 1.29 is 4.79 Å². The number of piperazine rings is 1. The highest BCUT2D eigenvalue weighted by atomic mass is 32.1. The normalized spacial score (nSPS) is 14.6. The molecule has 5 rings (SSSR count). The molecule has 1 saturated heterocycles. The van der Waals surface area contributed by atoms with E-state index in [0.717, 1.165) is 64.0 Å². The molecule has 4 aromatic rings. The van der Waals surface area contributed by atoms with Crippen molar-refractivity contribution in [3.8, 4) is 10.4 Å². The number of carbonyl (C=O) groups excluding carboxylic acids is 1. The van der Waals surface area contributed by atoms with E-state index >= 15 is 0 Å². The predicted molar refractivity (Wildman–Crippen MR) is 144 cm³/mol. The van der Waals surface area contributed by atoms with Crippen LogP contribution in [0.15, 0.2) is 55.0 Å². The fraction of sp³-hybridized carbons (Fsp3) is 0.333. The number of hydrogen-bond acceptors (Lipinski definition) is 8. The summed E-state index contributed by atoms with van der Waals surface area (Å²) < 4.78 is 0. The highest BCUT2D eigenvalue weighted by molar-refractivity contribution is 7.18. The molecule has 0 radical (unpaired) electrons. The van der Waals surface area contributed by atoms with Gasteiger partial charge in [-0.1, -0.05) is 23.5 Å². The summed E-state index contributed by atoms with van der Waals surface area (Å²) in [6, 6.07) is 12.6. The smallest absolute Gasteiger partial charge is 0.182 e. The number of fused-ring (bicyclic) bond motifs is 1. The van der Waals surface area contributed by atoms with Gasteiger partial charge in [0.05, 0.1) is 11.3 Å². The average molecular weight is 487 g/mol. The third-order valence-electron chi connectivity index (χ3n) is 6.56. The molecule has 0 bridgehead atoms. The van der Waals surface area contributed by atoms with E-state index in [-0.39, 0.29) is 12.2 Å². The van der Waals surface area contributed by atoms with Crippen molar-refractivity contribution in [1.29, 1.82) is 0 Å². The zero-order valence-electron chi connectivity index (χ0n) is 20.4. The molecule has 0 saturated carbocycles. The van der Waals surface area contributed by atoms with Crippen LogP contribution in [0.4, 0.5) is 10.9 Å². The van der Waals surface area contributed by atoms with Gasteiger partial charge in [0.1, 0.15) is 5.82 Å². The molecular weight excluding hydrogens is 456 g/mol. The zero-order chi connectivity index (χ0) is 24.4. The molecule has 0 aliphatic carbocycles. The SMILES string of the molecule is CNc1ncc(-c2ccc3cnc(CC(=O)c4ccnc(N5CCN(C(C)C)CC5)c4)cc3c2)s1. The van der Waals surface area contributed by atoms with E-state index in [9.17, 15) is 4.79 Å². The van der Waals surface area contributed by atoms with E-state index in [0.29, 0.717) is 11.6 Å². The van der Waals surface area contributed by atoms with Crippen LogP contribution in [0.1, 0.15) is 29.9 Å². The van der Waals surface area contributed by atoms with E-state index in [2.05, 4.69) is 62.1 Å². The molecule has 3 aromatic heterocycles. The number of carbonyl (C=O) groups is 1. The maximum absolute atomic E-state index is 13.1. The van der Waals surface area contributed by atoms with E-state index in [4.69, 9.17) is 0 Å². The average Bonchev–Trinajstić information content (AvgIpc) is 3.38. The molecule has 35 heavy (non-hydrogen) atoms. The van der Waals surface area contributed by atoms with Crippen LogP contribution >= 0.6 is 11.3 Å². The summed E-state index contributed by atoms with van der Waals surface area (Å²) >= 11 is 1.62. The molecule has 4 heterocycles. The maximum atomic E-state index is 13.1. The third-order valence-corrected chi connectivity index (χ3v) is 7.62. The van der Waals surface area contributed by atoms with Gasteiger partial charge in [-0.3, -0.25) is 14.7 Å². The van der Waals surface area contributed by atoms with Gasteiger partial charge >= 0.3 is 0 Å². The van der Waals surface area contributed by atoms with Crippen molar-refractivity contribution in [2.24, 2.45) is 0 Å². The minimum absolute atomic E-state index is 0.0542. The van der Waals surface area contributed by atoms with Crippen molar-refractivity contribution in [3.05, 3.63) is 66.2 Å². The summed E-state index contributed by atoms with van der Waals surface area (Å²) in [5.41, 5.74) is 2.56. The van der Waals surface area contributed by atoms with E-state index in [1.165, 1.54) is 0 Å². The van der Waals surface area contributed by atoms with Gasteiger partial charge in [0.25, 0.3) is 0 Å². The molecule has 180 valence electrons. The van der Waals surface area contributed by atoms with Crippen molar-refractivity contribution in [1.82, 2.24) is 19.9 Å². The second-order valence-corrected chi connectivity index (χ2v) is 10.2. The van der Waals surface area contributed by atoms with Crippen LogP contribution in [0.25, 0.3) is 21.2 Å². The number of anilines is 2. The summed E-state index contributed by atoms with van der Waals surface area (Å²) in [7, 11) is 1.87. The summed E-state index contributed by atoms with van der Waals surface area (Å²) in [5.74, 6) is 0.930. The van der Waals surface area contributed by atoms with Gasteiger partial charge in [0, 0.05) is 74.5 Å². The van der Waals surface area contributed by atoms with Gasteiger partial charge in [0.2, 0.25) is 0 Å². The lowest BCUT2D eigenvalue weighted by Crippen LogP contribution is -2.49. The Hall–Kier alpha value is -3.36. The van der Waals surface area contributed by atoms with Crippen molar-refractivity contribution in [2.45, 2.75) is 26.3 Å². The van der Waals surface area contributed by atoms with Crippen LogP contribution < -0.4 is 10.2 Å². The standard InChI is InChI=1S/C27H30N6OS/c1-18(2)32-8-10-33(11-9-32)26-14-19(6-7-29-26)24(34)15-23-13-22-12-20(4-5-21(22)16-30-23)25-17-31-27(28-3)35-25/h4-7,12-14,16-18H,8-11,15H2,1-3H3,(H,28,31). The highest BCUT2D eigenvalue weighted by Gasteiger charge is 2.20. The molecule has 0 spiro atoms. The Labute approximate surface area is 209 Å². The molecule has 0 atom stereocenters. The number of rotatable bonds is 7.